The normalized spacial score (nSPS) is 23.8. The molecule has 0 aromatic heterocycles. The van der Waals surface area contributed by atoms with Crippen LogP contribution >= 0.6 is 11.6 Å². The van der Waals surface area contributed by atoms with Crippen LogP contribution < -0.4 is 10.6 Å². The van der Waals surface area contributed by atoms with Gasteiger partial charge in [0.05, 0.1) is 16.8 Å². The number of nitrogens with one attached hydrogen (secondary N) is 2. The van der Waals surface area contributed by atoms with Gasteiger partial charge in [0.2, 0.25) is 11.8 Å². The van der Waals surface area contributed by atoms with Crippen molar-refractivity contribution in [3.63, 3.8) is 0 Å². The molecule has 186 valence electrons. The fourth-order valence-corrected chi connectivity index (χ4v) is 5.67. The molecule has 2 aromatic carbocycles. The SMILES string of the molecule is Cc1ccc(NC(=O)c2ccc(NCCCN3C(=O)[C@@H]4[C@@H](C3=O)[C@H]3C=C[C@H]4C3)c([N+](=O)[O-])c2)cc1Cl. The standard InChI is InChI=1S/C26H25ClN4O5/c1-14-3-7-18(13-19(14)27)29-24(32)17-6-8-20(21(12-17)31(35)36)28-9-2-10-30-25(33)22-15-4-5-16(11-15)23(22)26(30)34/h3-8,12-13,15-16,22-23,28H,2,9-11H2,1H3,(H,29,32)/t15-,16-,22-,23-/m0/s1. The maximum Gasteiger partial charge on any atom is 0.293 e. The van der Waals surface area contributed by atoms with Gasteiger partial charge in [0.25, 0.3) is 11.6 Å². The number of benzene rings is 2. The summed E-state index contributed by atoms with van der Waals surface area (Å²) >= 11 is 6.10. The molecule has 4 atom stereocenters. The van der Waals surface area contributed by atoms with Crippen LogP contribution in [0, 0.1) is 40.7 Å². The van der Waals surface area contributed by atoms with Crippen LogP contribution in [0.2, 0.25) is 5.02 Å². The molecule has 3 amide bonds. The zero-order chi connectivity index (χ0) is 25.6. The summed E-state index contributed by atoms with van der Waals surface area (Å²) in [4.78, 5) is 50.6. The zero-order valence-electron chi connectivity index (χ0n) is 19.6. The molecule has 2 N–H and O–H groups in total. The minimum Gasteiger partial charge on any atom is -0.379 e. The molecule has 1 aliphatic heterocycles. The van der Waals surface area contributed by atoms with Crippen LogP contribution in [0.15, 0.2) is 48.6 Å². The predicted molar refractivity (Wildman–Crippen MR) is 135 cm³/mol. The van der Waals surface area contributed by atoms with Gasteiger partial charge in [-0.3, -0.25) is 29.4 Å². The van der Waals surface area contributed by atoms with Crippen molar-refractivity contribution in [2.24, 2.45) is 23.7 Å². The fraction of sp³-hybridized carbons (Fsp3) is 0.346. The highest BCUT2D eigenvalue weighted by molar-refractivity contribution is 6.31. The molecule has 0 unspecified atom stereocenters. The second-order valence-electron chi connectivity index (χ2n) is 9.52. The number of nitro groups is 1. The molecule has 1 saturated carbocycles. The fourth-order valence-electron chi connectivity index (χ4n) is 5.49. The number of amides is 3. The molecule has 2 bridgehead atoms. The van der Waals surface area contributed by atoms with Crippen molar-refractivity contribution in [1.29, 1.82) is 0 Å². The number of halogens is 1. The lowest BCUT2D eigenvalue weighted by Gasteiger charge is -2.17. The third-order valence-corrected chi connectivity index (χ3v) is 7.73. The monoisotopic (exact) mass is 508 g/mol. The first-order valence-corrected chi connectivity index (χ1v) is 12.3. The van der Waals surface area contributed by atoms with Gasteiger partial charge in [0, 0.05) is 35.4 Å². The Balaban J connectivity index is 1.19. The van der Waals surface area contributed by atoms with E-state index in [1.807, 2.05) is 6.92 Å². The molecule has 2 aliphatic carbocycles. The van der Waals surface area contributed by atoms with Gasteiger partial charge in [-0.1, -0.05) is 29.8 Å². The third kappa shape index (κ3) is 4.24. The lowest BCUT2D eigenvalue weighted by atomic mass is 9.85. The topological polar surface area (TPSA) is 122 Å². The Morgan fingerprint density at radius 1 is 1.11 bits per heavy atom. The lowest BCUT2D eigenvalue weighted by molar-refractivity contribution is -0.384. The lowest BCUT2D eigenvalue weighted by Crippen LogP contribution is -2.34. The Bertz CT molecular complexity index is 1280. The Morgan fingerprint density at radius 2 is 1.81 bits per heavy atom. The van der Waals surface area contributed by atoms with E-state index >= 15 is 0 Å². The van der Waals surface area contributed by atoms with E-state index in [1.54, 1.807) is 18.2 Å². The van der Waals surface area contributed by atoms with Gasteiger partial charge in [-0.05, 0) is 61.4 Å². The average molecular weight is 509 g/mol. The zero-order valence-corrected chi connectivity index (χ0v) is 20.3. The van der Waals surface area contributed by atoms with Crippen molar-refractivity contribution in [2.75, 3.05) is 23.7 Å². The molecule has 2 aromatic rings. The van der Waals surface area contributed by atoms with Crippen LogP contribution in [-0.2, 0) is 9.59 Å². The number of imide groups is 1. The summed E-state index contributed by atoms with van der Waals surface area (Å²) in [5.74, 6) is -0.810. The molecule has 5 rings (SSSR count). The maximum atomic E-state index is 12.8. The molecule has 1 heterocycles. The molecule has 10 heteroatoms. The van der Waals surface area contributed by atoms with Crippen molar-refractivity contribution in [2.45, 2.75) is 19.8 Å². The number of anilines is 2. The highest BCUT2D eigenvalue weighted by atomic mass is 35.5. The highest BCUT2D eigenvalue weighted by Crippen LogP contribution is 2.52. The van der Waals surface area contributed by atoms with Crippen LogP contribution in [0.1, 0.15) is 28.8 Å². The predicted octanol–water partition coefficient (Wildman–Crippen LogP) is 4.42. The first-order valence-electron chi connectivity index (χ1n) is 11.9. The minimum absolute atomic E-state index is 0.0990. The number of carbonyl (C=O) groups is 3. The van der Waals surface area contributed by atoms with Crippen molar-refractivity contribution in [3.8, 4) is 0 Å². The van der Waals surface area contributed by atoms with Crippen molar-refractivity contribution in [1.82, 2.24) is 4.90 Å². The molecule has 2 fully saturated rings. The van der Waals surface area contributed by atoms with Crippen LogP contribution in [0.4, 0.5) is 17.1 Å². The number of rotatable bonds is 8. The van der Waals surface area contributed by atoms with E-state index in [0.717, 1.165) is 12.0 Å². The van der Waals surface area contributed by atoms with Crippen LogP contribution in [-0.4, -0.2) is 40.6 Å². The number of nitro benzene ring substituents is 1. The van der Waals surface area contributed by atoms with Gasteiger partial charge >= 0.3 is 0 Å². The molecular formula is C26H25ClN4O5. The summed E-state index contributed by atoms with van der Waals surface area (Å²) in [5.41, 5.74) is 1.50. The minimum atomic E-state index is -0.556. The van der Waals surface area contributed by atoms with Crippen molar-refractivity contribution >= 4 is 46.4 Å². The van der Waals surface area contributed by atoms with Gasteiger partial charge in [0.15, 0.2) is 0 Å². The van der Waals surface area contributed by atoms with Gasteiger partial charge in [-0.2, -0.15) is 0 Å². The third-order valence-electron chi connectivity index (χ3n) is 7.32. The van der Waals surface area contributed by atoms with Gasteiger partial charge in [0.1, 0.15) is 5.69 Å². The highest BCUT2D eigenvalue weighted by Gasteiger charge is 2.58. The Labute approximate surface area is 212 Å². The van der Waals surface area contributed by atoms with E-state index < -0.39 is 10.8 Å². The Morgan fingerprint density at radius 3 is 2.44 bits per heavy atom. The summed E-state index contributed by atoms with van der Waals surface area (Å²) in [7, 11) is 0. The first-order chi connectivity index (χ1) is 17.2. The van der Waals surface area contributed by atoms with Gasteiger partial charge in [-0.25, -0.2) is 0 Å². The molecule has 1 saturated heterocycles. The number of allylic oxidation sites excluding steroid dienone is 2. The summed E-state index contributed by atoms with van der Waals surface area (Å²) in [5, 5.41) is 17.9. The second-order valence-corrected chi connectivity index (χ2v) is 9.92. The number of carbonyl (C=O) groups excluding carboxylic acids is 3. The summed E-state index contributed by atoms with van der Waals surface area (Å²) < 4.78 is 0. The van der Waals surface area contributed by atoms with E-state index in [1.165, 1.54) is 23.1 Å². The summed E-state index contributed by atoms with van der Waals surface area (Å²) in [6.07, 6.45) is 5.45. The molecule has 9 nitrogen and oxygen atoms in total. The van der Waals surface area contributed by atoms with Crippen LogP contribution in [0.3, 0.4) is 0 Å². The number of hydrogen-bond donors (Lipinski definition) is 2. The summed E-state index contributed by atoms with van der Waals surface area (Å²) in [6.45, 7) is 2.44. The van der Waals surface area contributed by atoms with Gasteiger partial charge < -0.3 is 10.6 Å². The number of aryl methyl sites for hydroxylation is 1. The quantitative estimate of drug-likeness (QED) is 0.179. The number of likely N-dealkylation sites (tertiary alicyclic amines) is 1. The van der Waals surface area contributed by atoms with E-state index in [0.29, 0.717) is 23.7 Å². The van der Waals surface area contributed by atoms with Crippen molar-refractivity contribution < 1.29 is 19.3 Å². The number of fused-ring (bicyclic) bond motifs is 5. The maximum absolute atomic E-state index is 12.8. The molecule has 0 spiro atoms. The van der Waals surface area contributed by atoms with E-state index in [4.69, 9.17) is 11.6 Å². The van der Waals surface area contributed by atoms with Crippen molar-refractivity contribution in [3.05, 3.63) is 74.8 Å². The smallest absolute Gasteiger partial charge is 0.293 e. The molecule has 3 aliphatic rings. The van der Waals surface area contributed by atoms with E-state index in [2.05, 4.69) is 22.8 Å². The molecule has 36 heavy (non-hydrogen) atoms. The van der Waals surface area contributed by atoms with E-state index in [-0.39, 0.29) is 59.0 Å². The second kappa shape index (κ2) is 9.39. The number of nitrogens with zero attached hydrogens (tertiary/aromatic N) is 2. The largest absolute Gasteiger partial charge is 0.379 e. The average Bonchev–Trinajstić information content (AvgIpc) is 3.53. The van der Waals surface area contributed by atoms with Gasteiger partial charge in [-0.15, -0.1) is 0 Å². The van der Waals surface area contributed by atoms with E-state index in [9.17, 15) is 24.5 Å². The summed E-state index contributed by atoms with van der Waals surface area (Å²) in [6, 6.07) is 9.28. The molecular weight excluding hydrogens is 484 g/mol. The number of hydrogen-bond acceptors (Lipinski definition) is 6. The first kappa shape index (κ1) is 24.0. The van der Waals surface area contributed by atoms with Crippen LogP contribution in [0.25, 0.3) is 0 Å². The Hall–Kier alpha value is -3.72. The Kier molecular flexibility index (Phi) is 6.26. The van der Waals surface area contributed by atoms with Crippen LogP contribution in [0.5, 0.6) is 0 Å². The molecule has 0 radical (unpaired) electrons.